The van der Waals surface area contributed by atoms with Crippen LogP contribution < -0.4 is 4.74 Å². The third-order valence-electron chi connectivity index (χ3n) is 4.36. The number of nitrogens with zero attached hydrogens (tertiary/aromatic N) is 3. The van der Waals surface area contributed by atoms with Crippen molar-refractivity contribution in [3.8, 4) is 17.7 Å². The number of rotatable bonds is 2. The van der Waals surface area contributed by atoms with E-state index in [4.69, 9.17) is 19.5 Å². The van der Waals surface area contributed by atoms with E-state index >= 15 is 0 Å². The van der Waals surface area contributed by atoms with Gasteiger partial charge in [0.15, 0.2) is 11.5 Å². The van der Waals surface area contributed by atoms with Gasteiger partial charge in [0.05, 0.1) is 30.4 Å². The summed E-state index contributed by atoms with van der Waals surface area (Å²) in [6.45, 7) is 0.315. The second kappa shape index (κ2) is 6.14. The molecule has 140 valence electrons. The molecule has 6 nitrogen and oxygen atoms in total. The molecule has 0 radical (unpaired) electrons. The molecule has 0 bridgehead atoms. The van der Waals surface area contributed by atoms with Crippen LogP contribution in [0.5, 0.6) is 11.6 Å². The molecule has 10 heteroatoms. The zero-order chi connectivity index (χ0) is 19.2. The van der Waals surface area contributed by atoms with Crippen LogP contribution in [0.1, 0.15) is 28.8 Å². The lowest BCUT2D eigenvalue weighted by molar-refractivity contribution is -0.177. The molecule has 2 heterocycles. The van der Waals surface area contributed by atoms with Gasteiger partial charge in [-0.05, 0) is 18.6 Å². The summed E-state index contributed by atoms with van der Waals surface area (Å²) in [4.78, 5) is 0. The van der Waals surface area contributed by atoms with E-state index in [-0.39, 0.29) is 54.4 Å². The maximum atomic E-state index is 13.6. The minimum atomic E-state index is -4.75. The average molecular weight is 381 g/mol. The first-order valence-electron chi connectivity index (χ1n) is 7.96. The summed E-state index contributed by atoms with van der Waals surface area (Å²) >= 11 is 0. The van der Waals surface area contributed by atoms with Gasteiger partial charge < -0.3 is 14.2 Å². The standard InChI is InChI=1S/C17H11F4N3O3/c18-10-5-9(8-22)6-11(7-10)27-15-12-1-2-16(25-3-4-26-16)13(12)14(23-24-15)17(19,20)21/h5-7H,1-4H2. The minimum absolute atomic E-state index is 0.000413. The number of nitriles is 1. The summed E-state index contributed by atoms with van der Waals surface area (Å²) in [6, 6.07) is 5.03. The van der Waals surface area contributed by atoms with Crippen molar-refractivity contribution in [3.63, 3.8) is 0 Å². The first kappa shape index (κ1) is 17.6. The normalized spacial score (nSPS) is 17.7. The largest absolute Gasteiger partial charge is 0.437 e. The second-order valence-electron chi connectivity index (χ2n) is 6.04. The summed E-state index contributed by atoms with van der Waals surface area (Å²) in [6.07, 6.45) is -4.44. The summed E-state index contributed by atoms with van der Waals surface area (Å²) < 4.78 is 70.4. The Morgan fingerprint density at radius 1 is 1.15 bits per heavy atom. The lowest BCUT2D eigenvalue weighted by Gasteiger charge is -2.25. The van der Waals surface area contributed by atoms with E-state index < -0.39 is 23.5 Å². The minimum Gasteiger partial charge on any atom is -0.437 e. The highest BCUT2D eigenvalue weighted by Gasteiger charge is 2.53. The molecule has 1 aromatic heterocycles. The molecule has 0 unspecified atom stereocenters. The van der Waals surface area contributed by atoms with Crippen molar-refractivity contribution in [1.82, 2.24) is 10.2 Å². The van der Waals surface area contributed by atoms with E-state index in [2.05, 4.69) is 10.2 Å². The third-order valence-corrected chi connectivity index (χ3v) is 4.36. The van der Waals surface area contributed by atoms with Gasteiger partial charge in [-0.2, -0.15) is 18.4 Å². The molecule has 2 aromatic rings. The molecule has 0 saturated carbocycles. The zero-order valence-corrected chi connectivity index (χ0v) is 13.6. The molecule has 1 aliphatic heterocycles. The maximum Gasteiger partial charge on any atom is 0.435 e. The van der Waals surface area contributed by atoms with Gasteiger partial charge in [-0.1, -0.05) is 0 Å². The number of aromatic nitrogens is 2. The molecule has 1 spiro atoms. The fourth-order valence-corrected chi connectivity index (χ4v) is 3.33. The molecule has 0 amide bonds. The predicted molar refractivity (Wildman–Crippen MR) is 80.1 cm³/mol. The molecule has 1 aromatic carbocycles. The number of fused-ring (bicyclic) bond motifs is 2. The van der Waals surface area contributed by atoms with Crippen molar-refractivity contribution in [1.29, 1.82) is 5.26 Å². The van der Waals surface area contributed by atoms with Crippen LogP contribution in [0.25, 0.3) is 0 Å². The Bertz CT molecular complexity index is 950. The molecule has 4 rings (SSSR count). The molecular formula is C17H11F4N3O3. The first-order valence-corrected chi connectivity index (χ1v) is 7.96. The van der Waals surface area contributed by atoms with Crippen LogP contribution in [0.3, 0.4) is 0 Å². The highest BCUT2D eigenvalue weighted by Crippen LogP contribution is 2.50. The van der Waals surface area contributed by atoms with Crippen LogP contribution >= 0.6 is 0 Å². The van der Waals surface area contributed by atoms with Crippen LogP contribution in [0.15, 0.2) is 18.2 Å². The van der Waals surface area contributed by atoms with Gasteiger partial charge in [-0.3, -0.25) is 0 Å². The van der Waals surface area contributed by atoms with Gasteiger partial charge in [-0.15, -0.1) is 10.2 Å². The van der Waals surface area contributed by atoms with Gasteiger partial charge in [0, 0.05) is 18.1 Å². The smallest absolute Gasteiger partial charge is 0.435 e. The number of hydrogen-bond donors (Lipinski definition) is 0. The number of ether oxygens (including phenoxy) is 3. The van der Waals surface area contributed by atoms with E-state index in [1.807, 2.05) is 0 Å². The molecular weight excluding hydrogens is 370 g/mol. The van der Waals surface area contributed by atoms with Gasteiger partial charge in [0.25, 0.3) is 0 Å². The van der Waals surface area contributed by atoms with E-state index in [0.717, 1.165) is 12.1 Å². The molecule has 1 aliphatic carbocycles. The maximum absolute atomic E-state index is 13.6. The number of hydrogen-bond acceptors (Lipinski definition) is 6. The molecule has 0 N–H and O–H groups in total. The van der Waals surface area contributed by atoms with E-state index in [1.165, 1.54) is 6.07 Å². The van der Waals surface area contributed by atoms with Crippen LogP contribution in [0, 0.1) is 17.1 Å². The third kappa shape index (κ3) is 2.98. The van der Waals surface area contributed by atoms with Gasteiger partial charge in [-0.25, -0.2) is 4.39 Å². The van der Waals surface area contributed by atoms with Crippen LogP contribution in [0.2, 0.25) is 0 Å². The Labute approximate surface area is 150 Å². The van der Waals surface area contributed by atoms with Crippen molar-refractivity contribution in [2.75, 3.05) is 13.2 Å². The van der Waals surface area contributed by atoms with Crippen molar-refractivity contribution in [2.45, 2.75) is 24.8 Å². The fraction of sp³-hybridized carbons (Fsp3) is 0.353. The van der Waals surface area contributed by atoms with Gasteiger partial charge >= 0.3 is 6.18 Å². The Morgan fingerprint density at radius 2 is 1.89 bits per heavy atom. The number of benzene rings is 1. The monoisotopic (exact) mass is 381 g/mol. The average Bonchev–Trinajstić information content (AvgIpc) is 3.23. The molecule has 2 aliphatic rings. The van der Waals surface area contributed by atoms with Crippen LogP contribution in [-0.2, 0) is 27.9 Å². The molecule has 27 heavy (non-hydrogen) atoms. The van der Waals surface area contributed by atoms with Crippen molar-refractivity contribution in [3.05, 3.63) is 46.4 Å². The number of alkyl halides is 3. The fourth-order valence-electron chi connectivity index (χ4n) is 3.33. The van der Waals surface area contributed by atoms with Crippen LogP contribution in [-0.4, -0.2) is 23.4 Å². The molecule has 1 saturated heterocycles. The summed E-state index contributed by atoms with van der Waals surface area (Å²) in [5, 5.41) is 15.7. The van der Waals surface area contributed by atoms with E-state index in [1.54, 1.807) is 6.07 Å². The first-order chi connectivity index (χ1) is 12.8. The summed E-state index contributed by atoms with van der Waals surface area (Å²) in [5.74, 6) is -2.53. The van der Waals surface area contributed by atoms with Crippen molar-refractivity contribution < 1.29 is 31.8 Å². The van der Waals surface area contributed by atoms with Gasteiger partial charge in [0.1, 0.15) is 11.6 Å². The summed E-state index contributed by atoms with van der Waals surface area (Å²) in [7, 11) is 0. The van der Waals surface area contributed by atoms with Crippen LogP contribution in [0.4, 0.5) is 17.6 Å². The molecule has 1 fully saturated rings. The van der Waals surface area contributed by atoms with Crippen molar-refractivity contribution >= 4 is 0 Å². The SMILES string of the molecule is N#Cc1cc(F)cc(Oc2nnc(C(F)(F)F)c3c2CCC32OCCO2)c1. The quantitative estimate of drug-likeness (QED) is 0.742. The molecule has 0 atom stereocenters. The Hall–Kier alpha value is -2.77. The second-order valence-corrected chi connectivity index (χ2v) is 6.04. The highest BCUT2D eigenvalue weighted by molar-refractivity contribution is 5.47. The predicted octanol–water partition coefficient (Wildman–Crippen LogP) is 3.44. The lowest BCUT2D eigenvalue weighted by Crippen LogP contribution is -2.28. The highest BCUT2D eigenvalue weighted by atomic mass is 19.4. The van der Waals surface area contributed by atoms with E-state index in [0.29, 0.717) is 0 Å². The number of halogens is 4. The summed E-state index contributed by atoms with van der Waals surface area (Å²) in [5.41, 5.74) is -1.31. The lowest BCUT2D eigenvalue weighted by atomic mass is 10.1. The Balaban J connectivity index is 1.82. The van der Waals surface area contributed by atoms with Gasteiger partial charge in [0.2, 0.25) is 5.88 Å². The Kier molecular flexibility index (Phi) is 4.01. The van der Waals surface area contributed by atoms with Crippen molar-refractivity contribution in [2.24, 2.45) is 0 Å². The zero-order valence-electron chi connectivity index (χ0n) is 13.6. The Morgan fingerprint density at radius 3 is 2.56 bits per heavy atom. The topological polar surface area (TPSA) is 77.3 Å². The van der Waals surface area contributed by atoms with E-state index in [9.17, 15) is 17.6 Å².